The number of carbonyl (C=O) groups is 1. The van der Waals surface area contributed by atoms with E-state index in [1.54, 1.807) is 0 Å². The van der Waals surface area contributed by atoms with Crippen molar-refractivity contribution in [1.29, 1.82) is 0 Å². The molecule has 2 rings (SSSR count). The van der Waals surface area contributed by atoms with Crippen molar-refractivity contribution in [2.75, 3.05) is 4.72 Å². The Morgan fingerprint density at radius 1 is 1.43 bits per heavy atom. The Labute approximate surface area is 124 Å². The number of nitrogens with one attached hydrogen (secondary N) is 2. The van der Waals surface area contributed by atoms with Crippen molar-refractivity contribution in [3.05, 3.63) is 46.5 Å². The molecule has 0 radical (unpaired) electrons. The molecule has 21 heavy (non-hydrogen) atoms. The van der Waals surface area contributed by atoms with Gasteiger partial charge in [0.15, 0.2) is 0 Å². The summed E-state index contributed by atoms with van der Waals surface area (Å²) in [6.07, 6.45) is 1.22. The van der Waals surface area contributed by atoms with E-state index in [1.165, 1.54) is 13.1 Å². The molecule has 3 N–H and O–H groups in total. The standard InChI is InChI=1S/C12H10ClFN2O4S/c1-6-11(12(17)18)9(5-15-6)16-21(19,20)10-3-2-7(14)4-8(10)13/h2-5,15-16H,1H3,(H,17,18). The van der Waals surface area contributed by atoms with Gasteiger partial charge < -0.3 is 10.1 Å². The first kappa shape index (κ1) is 15.3. The summed E-state index contributed by atoms with van der Waals surface area (Å²) >= 11 is 5.70. The van der Waals surface area contributed by atoms with Crippen LogP contribution in [0, 0.1) is 12.7 Å². The summed E-state index contributed by atoms with van der Waals surface area (Å²) in [5.74, 6) is -1.96. The lowest BCUT2D eigenvalue weighted by molar-refractivity contribution is 0.0697. The van der Waals surface area contributed by atoms with Crippen molar-refractivity contribution in [3.8, 4) is 0 Å². The third-order valence-electron chi connectivity index (χ3n) is 2.72. The van der Waals surface area contributed by atoms with E-state index in [9.17, 15) is 17.6 Å². The molecule has 0 unspecified atom stereocenters. The number of carboxylic acid groups (broad SMARTS) is 1. The lowest BCUT2D eigenvalue weighted by Gasteiger charge is -2.09. The Hall–Kier alpha value is -2.06. The predicted molar refractivity (Wildman–Crippen MR) is 74.7 cm³/mol. The van der Waals surface area contributed by atoms with E-state index < -0.39 is 21.8 Å². The van der Waals surface area contributed by atoms with Crippen LogP contribution in [0.15, 0.2) is 29.3 Å². The molecular formula is C12H10ClFN2O4S. The number of anilines is 1. The molecule has 0 aliphatic rings. The van der Waals surface area contributed by atoms with Gasteiger partial charge in [0.1, 0.15) is 16.3 Å². The highest BCUT2D eigenvalue weighted by Crippen LogP contribution is 2.27. The summed E-state index contributed by atoms with van der Waals surface area (Å²) in [6, 6.07) is 2.80. The van der Waals surface area contributed by atoms with Crippen molar-refractivity contribution in [2.24, 2.45) is 0 Å². The summed E-state index contributed by atoms with van der Waals surface area (Å²) < 4.78 is 39.5. The zero-order valence-electron chi connectivity index (χ0n) is 10.6. The molecular weight excluding hydrogens is 323 g/mol. The average Bonchev–Trinajstić information content (AvgIpc) is 2.68. The van der Waals surface area contributed by atoms with Crippen LogP contribution < -0.4 is 4.72 Å². The van der Waals surface area contributed by atoms with Gasteiger partial charge in [-0.2, -0.15) is 0 Å². The van der Waals surface area contributed by atoms with Crippen LogP contribution in [0.3, 0.4) is 0 Å². The minimum Gasteiger partial charge on any atom is -0.478 e. The number of halogens is 2. The van der Waals surface area contributed by atoms with E-state index >= 15 is 0 Å². The maximum atomic E-state index is 13.0. The molecule has 0 amide bonds. The molecule has 9 heteroatoms. The molecule has 1 aromatic heterocycles. The fourth-order valence-corrected chi connectivity index (χ4v) is 3.37. The van der Waals surface area contributed by atoms with Gasteiger partial charge in [-0.3, -0.25) is 4.72 Å². The smallest absolute Gasteiger partial charge is 0.339 e. The predicted octanol–water partition coefficient (Wildman–Crippen LogP) is 2.61. The molecule has 0 saturated carbocycles. The Morgan fingerprint density at radius 2 is 2.10 bits per heavy atom. The number of H-pyrrole nitrogens is 1. The van der Waals surface area contributed by atoms with Gasteiger partial charge in [-0.25, -0.2) is 17.6 Å². The van der Waals surface area contributed by atoms with Gasteiger partial charge >= 0.3 is 5.97 Å². The maximum absolute atomic E-state index is 13.0. The summed E-state index contributed by atoms with van der Waals surface area (Å²) in [5.41, 5.74) is -0.0254. The average molecular weight is 333 g/mol. The number of benzene rings is 1. The number of aromatic carboxylic acids is 1. The SMILES string of the molecule is Cc1[nH]cc(NS(=O)(=O)c2ccc(F)cc2Cl)c1C(=O)O. The van der Waals surface area contributed by atoms with Crippen LogP contribution in [-0.2, 0) is 10.0 Å². The molecule has 0 spiro atoms. The quantitative estimate of drug-likeness (QED) is 0.801. The summed E-state index contributed by atoms with van der Waals surface area (Å²) in [4.78, 5) is 13.4. The second-order valence-electron chi connectivity index (χ2n) is 4.19. The highest BCUT2D eigenvalue weighted by molar-refractivity contribution is 7.92. The van der Waals surface area contributed by atoms with Crippen LogP contribution in [-0.4, -0.2) is 24.5 Å². The molecule has 0 saturated heterocycles. The first-order valence-electron chi connectivity index (χ1n) is 5.61. The number of carboxylic acids is 1. The molecule has 1 heterocycles. The van der Waals surface area contributed by atoms with Crippen molar-refractivity contribution in [1.82, 2.24) is 4.98 Å². The molecule has 0 aliphatic carbocycles. The topological polar surface area (TPSA) is 99.3 Å². The molecule has 112 valence electrons. The monoisotopic (exact) mass is 332 g/mol. The Kier molecular flexibility index (Phi) is 3.93. The number of hydrogen-bond acceptors (Lipinski definition) is 3. The Balaban J connectivity index is 2.45. The number of aromatic amines is 1. The molecule has 2 aromatic rings. The molecule has 0 aliphatic heterocycles. The zero-order valence-corrected chi connectivity index (χ0v) is 12.2. The number of hydrogen-bond donors (Lipinski definition) is 3. The molecule has 0 fully saturated rings. The Bertz CT molecular complexity index is 817. The van der Waals surface area contributed by atoms with Crippen LogP contribution in [0.25, 0.3) is 0 Å². The summed E-state index contributed by atoms with van der Waals surface area (Å²) in [6.45, 7) is 1.49. The van der Waals surface area contributed by atoms with Gasteiger partial charge in [-0.1, -0.05) is 11.6 Å². The van der Waals surface area contributed by atoms with Crippen molar-refractivity contribution in [3.63, 3.8) is 0 Å². The van der Waals surface area contributed by atoms with Crippen LogP contribution in [0.2, 0.25) is 5.02 Å². The Morgan fingerprint density at radius 3 is 2.67 bits per heavy atom. The normalized spacial score (nSPS) is 11.4. The molecule has 6 nitrogen and oxygen atoms in total. The number of aryl methyl sites for hydroxylation is 1. The van der Waals surface area contributed by atoms with Crippen LogP contribution in [0.5, 0.6) is 0 Å². The van der Waals surface area contributed by atoms with Gasteiger partial charge in [0.2, 0.25) is 0 Å². The zero-order chi connectivity index (χ0) is 15.8. The first-order valence-corrected chi connectivity index (χ1v) is 7.47. The van der Waals surface area contributed by atoms with E-state index in [0.717, 1.165) is 18.2 Å². The van der Waals surface area contributed by atoms with Gasteiger partial charge in [0.05, 0.1) is 10.7 Å². The van der Waals surface area contributed by atoms with E-state index in [0.29, 0.717) is 5.69 Å². The molecule has 0 atom stereocenters. The first-order chi connectivity index (χ1) is 9.72. The van der Waals surface area contributed by atoms with E-state index in [-0.39, 0.29) is 21.2 Å². The number of aromatic nitrogens is 1. The van der Waals surface area contributed by atoms with E-state index in [2.05, 4.69) is 9.71 Å². The van der Waals surface area contributed by atoms with E-state index in [4.69, 9.17) is 16.7 Å². The van der Waals surface area contributed by atoms with Crippen LogP contribution >= 0.6 is 11.6 Å². The largest absolute Gasteiger partial charge is 0.478 e. The third kappa shape index (κ3) is 3.01. The second kappa shape index (κ2) is 5.38. The highest BCUT2D eigenvalue weighted by atomic mass is 35.5. The maximum Gasteiger partial charge on any atom is 0.339 e. The van der Waals surface area contributed by atoms with Crippen molar-refractivity contribution < 1.29 is 22.7 Å². The summed E-state index contributed by atoms with van der Waals surface area (Å²) in [7, 11) is -4.14. The highest BCUT2D eigenvalue weighted by Gasteiger charge is 2.23. The fourth-order valence-electron chi connectivity index (χ4n) is 1.78. The van der Waals surface area contributed by atoms with Crippen LogP contribution in [0.1, 0.15) is 16.1 Å². The van der Waals surface area contributed by atoms with Gasteiger partial charge in [-0.05, 0) is 25.1 Å². The van der Waals surface area contributed by atoms with Crippen LogP contribution in [0.4, 0.5) is 10.1 Å². The second-order valence-corrected chi connectivity index (χ2v) is 6.25. The number of rotatable bonds is 4. The third-order valence-corrected chi connectivity index (χ3v) is 4.57. The van der Waals surface area contributed by atoms with Gasteiger partial charge in [0, 0.05) is 11.9 Å². The van der Waals surface area contributed by atoms with Crippen molar-refractivity contribution >= 4 is 33.3 Å². The summed E-state index contributed by atoms with van der Waals surface area (Å²) in [5, 5.41) is 8.76. The van der Waals surface area contributed by atoms with E-state index in [1.807, 2.05) is 0 Å². The van der Waals surface area contributed by atoms with Crippen molar-refractivity contribution in [2.45, 2.75) is 11.8 Å². The van der Waals surface area contributed by atoms with Gasteiger partial charge in [-0.15, -0.1) is 0 Å². The molecule has 0 bridgehead atoms. The lowest BCUT2D eigenvalue weighted by atomic mass is 10.2. The van der Waals surface area contributed by atoms with Gasteiger partial charge in [0.25, 0.3) is 10.0 Å². The molecule has 1 aromatic carbocycles. The lowest BCUT2D eigenvalue weighted by Crippen LogP contribution is -2.15. The number of sulfonamides is 1. The fraction of sp³-hybridized carbons (Fsp3) is 0.0833. The minimum atomic E-state index is -4.14. The minimum absolute atomic E-state index is 0.125.